The van der Waals surface area contributed by atoms with Gasteiger partial charge in [-0.2, -0.15) is 0 Å². The molecule has 2 aromatic rings. The van der Waals surface area contributed by atoms with E-state index in [-0.39, 0.29) is 27.9 Å². The average molecular weight is 413 g/mol. The highest BCUT2D eigenvalue weighted by Gasteiger charge is 2.23. The molecule has 0 saturated carbocycles. The van der Waals surface area contributed by atoms with Gasteiger partial charge < -0.3 is 4.90 Å². The van der Waals surface area contributed by atoms with Crippen molar-refractivity contribution in [2.24, 2.45) is 4.99 Å². The van der Waals surface area contributed by atoms with E-state index in [9.17, 15) is 14.4 Å². The predicted octanol–water partition coefficient (Wildman–Crippen LogP) is 2.66. The van der Waals surface area contributed by atoms with E-state index in [1.807, 2.05) is 5.48 Å². The lowest BCUT2D eigenvalue weighted by Gasteiger charge is -2.14. The van der Waals surface area contributed by atoms with E-state index in [0.717, 1.165) is 12.8 Å². The number of nitrogens with one attached hydrogen (secondary N) is 2. The average Bonchev–Trinajstić information content (AvgIpc) is 3.27. The second-order valence-corrected chi connectivity index (χ2v) is 6.11. The summed E-state index contributed by atoms with van der Waals surface area (Å²) in [6, 6.07) is 3.71. The van der Waals surface area contributed by atoms with Crippen molar-refractivity contribution in [3.63, 3.8) is 0 Å². The largest absolute Gasteiger partial charge is 0.324 e. The first-order valence-electron chi connectivity index (χ1n) is 7.41. The molecule has 3 N–H and O–H groups in total. The van der Waals surface area contributed by atoms with Gasteiger partial charge in [-0.1, -0.05) is 0 Å². The Kier molecular flexibility index (Phi) is 5.24. The molecule has 2 amide bonds. The first-order valence-corrected chi connectivity index (χ1v) is 8.20. The number of hydrogen-bond acceptors (Lipinski definition) is 6. The summed E-state index contributed by atoms with van der Waals surface area (Å²) in [5.41, 5.74) is 2.23. The minimum absolute atomic E-state index is 0.00972. The molecule has 0 unspecified atom stereocenters. The van der Waals surface area contributed by atoms with E-state index < -0.39 is 5.82 Å². The first kappa shape index (κ1) is 17.3. The van der Waals surface area contributed by atoms with Gasteiger partial charge in [-0.25, -0.2) is 18.8 Å². The number of anilines is 1. The van der Waals surface area contributed by atoms with Gasteiger partial charge in [0.15, 0.2) is 11.5 Å². The quantitative estimate of drug-likeness (QED) is 0.405. The summed E-state index contributed by atoms with van der Waals surface area (Å²) in [6.45, 7) is 1.32. The van der Waals surface area contributed by atoms with Crippen molar-refractivity contribution in [1.29, 1.82) is 0 Å². The fraction of sp³-hybridized carbons (Fsp3) is 0.286. The van der Waals surface area contributed by atoms with Crippen LogP contribution < -0.4 is 10.8 Å². The molecule has 2 heterocycles. The third kappa shape index (κ3) is 3.94. The molecule has 132 valence electrons. The standard InChI is InChI=1S/C14H14BrFN6O3/c15-9-7-8(3-4-10(9)16)17-12(19-24)11-13(21-25-20-11)18-14(23)22-5-1-2-6-22/h3-4,7,24H,1-2,5-6H2,(H,17,19)(H,18,21,23). The van der Waals surface area contributed by atoms with Gasteiger partial charge in [0, 0.05) is 13.1 Å². The Hall–Kier alpha value is -2.53. The maximum atomic E-state index is 13.3. The number of carbonyl (C=O) groups excluding carboxylic acids is 1. The summed E-state index contributed by atoms with van der Waals surface area (Å²) in [7, 11) is 0. The molecule has 0 radical (unpaired) electrons. The van der Waals surface area contributed by atoms with Crippen LogP contribution in [0, 0.1) is 5.82 Å². The summed E-state index contributed by atoms with van der Waals surface area (Å²) in [6.07, 6.45) is 1.89. The van der Waals surface area contributed by atoms with E-state index >= 15 is 0 Å². The van der Waals surface area contributed by atoms with Crippen LogP contribution in [0.25, 0.3) is 0 Å². The summed E-state index contributed by atoms with van der Waals surface area (Å²) >= 11 is 3.06. The van der Waals surface area contributed by atoms with Crippen molar-refractivity contribution < 1.29 is 19.0 Å². The number of hydrogen-bond donors (Lipinski definition) is 3. The lowest BCUT2D eigenvalue weighted by Crippen LogP contribution is -2.33. The van der Waals surface area contributed by atoms with Crippen molar-refractivity contribution in [3.05, 3.63) is 34.2 Å². The molecule has 1 aliphatic heterocycles. The Balaban J connectivity index is 1.84. The van der Waals surface area contributed by atoms with Gasteiger partial charge in [0.05, 0.1) is 10.2 Å². The normalized spacial score (nSPS) is 14.7. The van der Waals surface area contributed by atoms with Crippen molar-refractivity contribution in [2.75, 3.05) is 18.4 Å². The van der Waals surface area contributed by atoms with Crippen LogP contribution in [0.15, 0.2) is 32.3 Å². The Morgan fingerprint density at radius 2 is 2.12 bits per heavy atom. The number of carbonyl (C=O) groups is 1. The van der Waals surface area contributed by atoms with Gasteiger partial charge in [-0.05, 0) is 57.3 Å². The van der Waals surface area contributed by atoms with Gasteiger partial charge in [0.1, 0.15) is 5.82 Å². The summed E-state index contributed by atoms with van der Waals surface area (Å²) in [4.78, 5) is 17.9. The van der Waals surface area contributed by atoms with E-state index in [2.05, 4.69) is 41.2 Å². The zero-order valence-electron chi connectivity index (χ0n) is 12.9. The van der Waals surface area contributed by atoms with Gasteiger partial charge >= 0.3 is 6.03 Å². The molecule has 0 bridgehead atoms. The zero-order valence-corrected chi connectivity index (χ0v) is 14.5. The van der Waals surface area contributed by atoms with Gasteiger partial charge in [0.2, 0.25) is 5.82 Å². The lowest BCUT2D eigenvalue weighted by molar-refractivity contribution is 0.222. The van der Waals surface area contributed by atoms with Gasteiger partial charge in [-0.3, -0.25) is 16.0 Å². The molecular formula is C14H14BrFN6O3. The molecule has 1 fully saturated rings. The molecule has 1 aliphatic rings. The zero-order chi connectivity index (χ0) is 17.8. The Morgan fingerprint density at radius 1 is 1.36 bits per heavy atom. The highest BCUT2D eigenvalue weighted by molar-refractivity contribution is 9.10. The summed E-state index contributed by atoms with van der Waals surface area (Å²) in [5, 5.41) is 19.2. The van der Waals surface area contributed by atoms with Crippen LogP contribution in [0.2, 0.25) is 0 Å². The Bertz CT molecular complexity index is 806. The second-order valence-electron chi connectivity index (χ2n) is 5.26. The van der Waals surface area contributed by atoms with Crippen LogP contribution in [0.4, 0.5) is 20.7 Å². The minimum atomic E-state index is -0.445. The third-order valence-corrected chi connectivity index (χ3v) is 4.19. The molecule has 1 aromatic carbocycles. The number of amidine groups is 1. The maximum Gasteiger partial charge on any atom is 0.323 e. The number of aromatic nitrogens is 2. The van der Waals surface area contributed by atoms with E-state index in [0.29, 0.717) is 18.8 Å². The number of halogens is 2. The van der Waals surface area contributed by atoms with Crippen LogP contribution >= 0.6 is 15.9 Å². The molecule has 0 atom stereocenters. The smallest absolute Gasteiger partial charge is 0.323 e. The molecule has 25 heavy (non-hydrogen) atoms. The Labute approximate surface area is 150 Å². The molecular weight excluding hydrogens is 399 g/mol. The van der Waals surface area contributed by atoms with Crippen LogP contribution in [-0.2, 0) is 0 Å². The number of urea groups is 1. The van der Waals surface area contributed by atoms with Crippen LogP contribution in [0.1, 0.15) is 18.5 Å². The number of benzene rings is 1. The topological polar surface area (TPSA) is 116 Å². The minimum Gasteiger partial charge on any atom is -0.324 e. The fourth-order valence-electron chi connectivity index (χ4n) is 2.34. The maximum absolute atomic E-state index is 13.3. The summed E-state index contributed by atoms with van der Waals surface area (Å²) in [5.74, 6) is -0.547. The van der Waals surface area contributed by atoms with Crippen molar-refractivity contribution >= 4 is 39.3 Å². The number of aliphatic imine (C=N–C) groups is 1. The molecule has 0 aliphatic carbocycles. The number of nitrogens with zero attached hydrogens (tertiary/aromatic N) is 4. The first-order chi connectivity index (χ1) is 12.1. The number of rotatable bonds is 3. The van der Waals surface area contributed by atoms with E-state index in [1.54, 1.807) is 4.90 Å². The third-order valence-electron chi connectivity index (χ3n) is 3.58. The number of amides is 2. The van der Waals surface area contributed by atoms with Crippen molar-refractivity contribution in [2.45, 2.75) is 12.8 Å². The van der Waals surface area contributed by atoms with Crippen LogP contribution in [0.5, 0.6) is 0 Å². The fourth-order valence-corrected chi connectivity index (χ4v) is 2.71. The van der Waals surface area contributed by atoms with Crippen LogP contribution in [-0.4, -0.2) is 45.4 Å². The van der Waals surface area contributed by atoms with Crippen LogP contribution in [0.3, 0.4) is 0 Å². The summed E-state index contributed by atoms with van der Waals surface area (Å²) < 4.78 is 18.1. The molecule has 9 nitrogen and oxygen atoms in total. The van der Waals surface area contributed by atoms with E-state index in [4.69, 9.17) is 0 Å². The predicted molar refractivity (Wildman–Crippen MR) is 89.3 cm³/mol. The van der Waals surface area contributed by atoms with Gasteiger partial charge in [-0.15, -0.1) is 0 Å². The number of hydroxylamine groups is 1. The number of likely N-dealkylation sites (tertiary alicyclic amines) is 1. The van der Waals surface area contributed by atoms with E-state index in [1.165, 1.54) is 18.2 Å². The molecule has 1 aromatic heterocycles. The monoisotopic (exact) mass is 412 g/mol. The second kappa shape index (κ2) is 7.57. The van der Waals surface area contributed by atoms with Crippen molar-refractivity contribution in [3.8, 4) is 0 Å². The Morgan fingerprint density at radius 3 is 2.80 bits per heavy atom. The molecule has 11 heteroatoms. The highest BCUT2D eigenvalue weighted by atomic mass is 79.9. The highest BCUT2D eigenvalue weighted by Crippen LogP contribution is 2.23. The molecule has 0 spiro atoms. The van der Waals surface area contributed by atoms with Crippen molar-refractivity contribution in [1.82, 2.24) is 20.7 Å². The lowest BCUT2D eigenvalue weighted by atomic mass is 10.3. The SMILES string of the molecule is O=C(Nc1nonc1C(=Nc1ccc(F)c(Br)c1)NO)N1CCCC1. The van der Waals surface area contributed by atoms with Gasteiger partial charge in [0.25, 0.3) is 0 Å². The molecule has 1 saturated heterocycles. The molecule has 3 rings (SSSR count).